The molecule has 0 aliphatic heterocycles. The summed E-state index contributed by atoms with van der Waals surface area (Å²) in [5.41, 5.74) is 2.00. The standard InChI is InChI=1S/C13H15ClN4/c1-9-4-11(5-9)17-12-6-10(14)2-3-13(12)18-8-15-7-16-18/h2-3,6-9,11,17H,4-5H2,1H3. The number of halogens is 1. The highest BCUT2D eigenvalue weighted by Gasteiger charge is 2.25. The molecule has 0 atom stereocenters. The van der Waals surface area contributed by atoms with E-state index in [9.17, 15) is 0 Å². The normalized spacial score (nSPS) is 22.6. The highest BCUT2D eigenvalue weighted by Crippen LogP contribution is 2.32. The average molecular weight is 263 g/mol. The van der Waals surface area contributed by atoms with Crippen molar-refractivity contribution in [2.24, 2.45) is 5.92 Å². The van der Waals surface area contributed by atoms with Gasteiger partial charge in [-0.05, 0) is 37.0 Å². The number of hydrogen-bond donors (Lipinski definition) is 1. The fraction of sp³-hybridized carbons (Fsp3) is 0.385. The van der Waals surface area contributed by atoms with Crippen molar-refractivity contribution in [2.75, 3.05) is 5.32 Å². The Balaban J connectivity index is 1.89. The van der Waals surface area contributed by atoms with Crippen LogP contribution in [0.25, 0.3) is 5.69 Å². The van der Waals surface area contributed by atoms with Crippen molar-refractivity contribution in [1.82, 2.24) is 14.8 Å². The largest absolute Gasteiger partial charge is 0.381 e. The smallest absolute Gasteiger partial charge is 0.138 e. The van der Waals surface area contributed by atoms with E-state index in [-0.39, 0.29) is 0 Å². The number of rotatable bonds is 3. The van der Waals surface area contributed by atoms with Crippen LogP contribution in [0.5, 0.6) is 0 Å². The van der Waals surface area contributed by atoms with Gasteiger partial charge in [0.15, 0.2) is 0 Å². The van der Waals surface area contributed by atoms with Gasteiger partial charge in [-0.2, -0.15) is 5.10 Å². The van der Waals surface area contributed by atoms with Crippen LogP contribution in [0, 0.1) is 5.92 Å². The molecule has 4 nitrogen and oxygen atoms in total. The van der Waals surface area contributed by atoms with Crippen molar-refractivity contribution in [1.29, 1.82) is 0 Å². The maximum absolute atomic E-state index is 6.07. The second kappa shape index (κ2) is 4.61. The van der Waals surface area contributed by atoms with Crippen molar-refractivity contribution in [3.63, 3.8) is 0 Å². The number of nitrogens with zero attached hydrogens (tertiary/aromatic N) is 3. The van der Waals surface area contributed by atoms with E-state index in [1.54, 1.807) is 11.0 Å². The van der Waals surface area contributed by atoms with E-state index in [1.165, 1.54) is 19.2 Å². The molecule has 1 aliphatic carbocycles. The molecule has 18 heavy (non-hydrogen) atoms. The number of aromatic nitrogens is 3. The molecule has 0 bridgehead atoms. The van der Waals surface area contributed by atoms with Gasteiger partial charge in [0.2, 0.25) is 0 Å². The average Bonchev–Trinajstić information content (AvgIpc) is 2.80. The zero-order valence-corrected chi connectivity index (χ0v) is 10.9. The Morgan fingerprint density at radius 2 is 2.22 bits per heavy atom. The lowest BCUT2D eigenvalue weighted by Crippen LogP contribution is -2.34. The molecule has 5 heteroatoms. The van der Waals surface area contributed by atoms with Crippen LogP contribution in [0.4, 0.5) is 5.69 Å². The van der Waals surface area contributed by atoms with Gasteiger partial charge >= 0.3 is 0 Å². The zero-order valence-electron chi connectivity index (χ0n) is 10.2. The third-order valence-electron chi connectivity index (χ3n) is 3.36. The van der Waals surface area contributed by atoms with Crippen LogP contribution in [-0.2, 0) is 0 Å². The molecular formula is C13H15ClN4. The molecule has 0 saturated heterocycles. The first-order valence-corrected chi connectivity index (χ1v) is 6.51. The number of benzene rings is 1. The Labute approximate surface area is 111 Å². The second-order valence-corrected chi connectivity index (χ2v) is 5.36. The Morgan fingerprint density at radius 1 is 1.39 bits per heavy atom. The first kappa shape index (κ1) is 11.5. The van der Waals surface area contributed by atoms with Gasteiger partial charge in [-0.3, -0.25) is 0 Å². The molecule has 0 amide bonds. The molecule has 0 spiro atoms. The van der Waals surface area contributed by atoms with E-state index in [0.717, 1.165) is 22.3 Å². The van der Waals surface area contributed by atoms with E-state index < -0.39 is 0 Å². The van der Waals surface area contributed by atoms with Gasteiger partial charge in [-0.25, -0.2) is 9.67 Å². The molecule has 0 unspecified atom stereocenters. The van der Waals surface area contributed by atoms with Gasteiger partial charge in [0.05, 0.1) is 11.4 Å². The second-order valence-electron chi connectivity index (χ2n) is 4.92. The summed E-state index contributed by atoms with van der Waals surface area (Å²) in [6.07, 6.45) is 5.65. The highest BCUT2D eigenvalue weighted by atomic mass is 35.5. The lowest BCUT2D eigenvalue weighted by Gasteiger charge is -2.34. The highest BCUT2D eigenvalue weighted by molar-refractivity contribution is 6.31. The lowest BCUT2D eigenvalue weighted by molar-refractivity contribution is 0.309. The molecule has 1 aromatic carbocycles. The van der Waals surface area contributed by atoms with Gasteiger partial charge in [-0.15, -0.1) is 0 Å². The van der Waals surface area contributed by atoms with Crippen LogP contribution in [0.3, 0.4) is 0 Å². The molecule has 1 fully saturated rings. The Hall–Kier alpha value is -1.55. The molecule has 1 saturated carbocycles. The van der Waals surface area contributed by atoms with Crippen molar-refractivity contribution in [3.8, 4) is 5.69 Å². The van der Waals surface area contributed by atoms with Crippen molar-refractivity contribution in [3.05, 3.63) is 35.9 Å². The quantitative estimate of drug-likeness (QED) is 0.924. The topological polar surface area (TPSA) is 42.7 Å². The monoisotopic (exact) mass is 262 g/mol. The first-order valence-electron chi connectivity index (χ1n) is 6.13. The molecule has 1 N–H and O–H groups in total. The van der Waals surface area contributed by atoms with Crippen molar-refractivity contribution < 1.29 is 0 Å². The summed E-state index contributed by atoms with van der Waals surface area (Å²) >= 11 is 6.07. The summed E-state index contributed by atoms with van der Waals surface area (Å²) in [6.45, 7) is 2.27. The molecule has 1 heterocycles. The third kappa shape index (κ3) is 2.20. The van der Waals surface area contributed by atoms with E-state index in [0.29, 0.717) is 6.04 Å². The van der Waals surface area contributed by atoms with Crippen LogP contribution >= 0.6 is 11.6 Å². The number of nitrogens with one attached hydrogen (secondary N) is 1. The van der Waals surface area contributed by atoms with Crippen molar-refractivity contribution >= 4 is 17.3 Å². The molecule has 0 radical (unpaired) electrons. The van der Waals surface area contributed by atoms with Gasteiger partial charge < -0.3 is 5.32 Å². The molecule has 94 valence electrons. The number of hydrogen-bond acceptors (Lipinski definition) is 3. The number of anilines is 1. The van der Waals surface area contributed by atoms with E-state index in [2.05, 4.69) is 22.3 Å². The van der Waals surface area contributed by atoms with E-state index in [1.807, 2.05) is 18.2 Å². The van der Waals surface area contributed by atoms with Crippen LogP contribution < -0.4 is 5.32 Å². The predicted octanol–water partition coefficient (Wildman–Crippen LogP) is 3.13. The third-order valence-corrected chi connectivity index (χ3v) is 3.59. The maximum atomic E-state index is 6.07. The van der Waals surface area contributed by atoms with Crippen LogP contribution in [-0.4, -0.2) is 20.8 Å². The lowest BCUT2D eigenvalue weighted by atomic mass is 9.82. The Morgan fingerprint density at radius 3 is 2.89 bits per heavy atom. The van der Waals surface area contributed by atoms with Gasteiger partial charge in [0.25, 0.3) is 0 Å². The van der Waals surface area contributed by atoms with Crippen LogP contribution in [0.15, 0.2) is 30.9 Å². The van der Waals surface area contributed by atoms with Gasteiger partial charge in [0, 0.05) is 11.1 Å². The molecule has 3 rings (SSSR count). The van der Waals surface area contributed by atoms with Gasteiger partial charge in [0.1, 0.15) is 12.7 Å². The van der Waals surface area contributed by atoms with E-state index in [4.69, 9.17) is 11.6 Å². The molecular weight excluding hydrogens is 248 g/mol. The van der Waals surface area contributed by atoms with Gasteiger partial charge in [-0.1, -0.05) is 18.5 Å². The predicted molar refractivity (Wildman–Crippen MR) is 72.2 cm³/mol. The molecule has 2 aromatic rings. The summed E-state index contributed by atoms with van der Waals surface area (Å²) in [7, 11) is 0. The minimum atomic E-state index is 0.542. The summed E-state index contributed by atoms with van der Waals surface area (Å²) in [5, 5.41) is 8.43. The van der Waals surface area contributed by atoms with Crippen LogP contribution in [0.2, 0.25) is 5.02 Å². The zero-order chi connectivity index (χ0) is 12.5. The minimum Gasteiger partial charge on any atom is -0.381 e. The summed E-state index contributed by atoms with van der Waals surface area (Å²) in [4.78, 5) is 3.98. The summed E-state index contributed by atoms with van der Waals surface area (Å²) in [6, 6.07) is 6.32. The summed E-state index contributed by atoms with van der Waals surface area (Å²) in [5.74, 6) is 0.816. The Kier molecular flexibility index (Phi) is 2.96. The van der Waals surface area contributed by atoms with E-state index >= 15 is 0 Å². The van der Waals surface area contributed by atoms with Crippen molar-refractivity contribution in [2.45, 2.75) is 25.8 Å². The first-order chi connectivity index (χ1) is 8.72. The Bertz CT molecular complexity index is 532. The fourth-order valence-corrected chi connectivity index (χ4v) is 2.57. The molecule has 1 aliphatic rings. The molecule has 1 aromatic heterocycles. The minimum absolute atomic E-state index is 0.542. The maximum Gasteiger partial charge on any atom is 0.138 e. The SMILES string of the molecule is CC1CC(Nc2cc(Cl)ccc2-n2cncn2)C1. The summed E-state index contributed by atoms with van der Waals surface area (Å²) < 4.78 is 1.75. The fourth-order valence-electron chi connectivity index (χ4n) is 2.40. The van der Waals surface area contributed by atoms with Crippen LogP contribution in [0.1, 0.15) is 19.8 Å².